The predicted molar refractivity (Wildman–Crippen MR) is 159 cm³/mol. The summed E-state index contributed by atoms with van der Waals surface area (Å²) in [7, 11) is -3.97. The van der Waals surface area contributed by atoms with Crippen LogP contribution in [0.4, 0.5) is 5.82 Å². The van der Waals surface area contributed by atoms with Crippen LogP contribution in [0.15, 0.2) is 95.4 Å². The number of aryl methyl sites for hydroxylation is 1. The van der Waals surface area contributed by atoms with Gasteiger partial charge in [-0.25, -0.2) is 17.5 Å². The van der Waals surface area contributed by atoms with Crippen molar-refractivity contribution >= 4 is 38.5 Å². The SMILES string of the molecule is Cc1ccc(S(=O)(=O)N2CC=C(C(=O)OCC(=O)c3ccccc3)C(C3CCCC3)c3c2[nH]c2ccccc32)cc1. The topological polar surface area (TPSA) is 96.5 Å². The maximum absolute atomic E-state index is 14.1. The molecule has 2 aliphatic rings. The molecule has 1 aliphatic heterocycles. The van der Waals surface area contributed by atoms with Crippen LogP contribution in [0.5, 0.6) is 0 Å². The molecule has 8 heteroatoms. The second-order valence-corrected chi connectivity index (χ2v) is 12.7. The van der Waals surface area contributed by atoms with E-state index in [1.165, 1.54) is 4.31 Å². The van der Waals surface area contributed by atoms with Crippen molar-refractivity contribution in [3.8, 4) is 0 Å². The van der Waals surface area contributed by atoms with E-state index >= 15 is 0 Å². The summed E-state index contributed by atoms with van der Waals surface area (Å²) in [6, 6.07) is 23.2. The number of hydrogen-bond donors (Lipinski definition) is 1. The summed E-state index contributed by atoms with van der Waals surface area (Å²) >= 11 is 0. The van der Waals surface area contributed by atoms with Crippen LogP contribution >= 0.6 is 0 Å². The molecule has 6 rings (SSSR count). The van der Waals surface area contributed by atoms with Crippen molar-refractivity contribution in [3.05, 3.63) is 107 Å². The molecule has 0 spiro atoms. The lowest BCUT2D eigenvalue weighted by molar-refractivity contribution is -0.138. The fourth-order valence-electron chi connectivity index (χ4n) is 6.18. The Balaban J connectivity index is 1.45. The number of Topliss-reactive ketones (excluding diaryl/α,β-unsaturated/α-hetero) is 1. The summed E-state index contributed by atoms with van der Waals surface area (Å²) in [5, 5.41) is 0.879. The summed E-state index contributed by atoms with van der Waals surface area (Å²) < 4.78 is 35.2. The number of rotatable bonds is 7. The van der Waals surface area contributed by atoms with Gasteiger partial charge in [0.05, 0.1) is 11.4 Å². The molecule has 0 amide bonds. The summed E-state index contributed by atoms with van der Waals surface area (Å²) in [4.78, 5) is 30.1. The zero-order valence-corrected chi connectivity index (χ0v) is 23.7. The molecule has 41 heavy (non-hydrogen) atoms. The number of carbonyl (C=O) groups is 2. The quantitative estimate of drug-likeness (QED) is 0.208. The molecule has 1 atom stereocenters. The normalized spacial score (nSPS) is 17.6. The van der Waals surface area contributed by atoms with Gasteiger partial charge in [-0.05, 0) is 43.9 Å². The van der Waals surface area contributed by atoms with Gasteiger partial charge in [0, 0.05) is 33.5 Å². The summed E-state index contributed by atoms with van der Waals surface area (Å²) in [5.74, 6) is -0.637. The number of carbonyl (C=O) groups excluding carboxylic acids is 2. The molecule has 1 N–H and O–H groups in total. The van der Waals surface area contributed by atoms with E-state index in [1.54, 1.807) is 54.6 Å². The van der Waals surface area contributed by atoms with E-state index in [0.717, 1.165) is 47.7 Å². The second-order valence-electron chi connectivity index (χ2n) is 10.8. The molecular formula is C33H32N2O5S. The maximum atomic E-state index is 14.1. The van der Waals surface area contributed by atoms with Gasteiger partial charge in [0.25, 0.3) is 10.0 Å². The average Bonchev–Trinajstić information content (AvgIpc) is 3.61. The van der Waals surface area contributed by atoms with E-state index in [4.69, 9.17) is 4.74 Å². The Morgan fingerprint density at radius 3 is 2.34 bits per heavy atom. The van der Waals surface area contributed by atoms with Crippen molar-refractivity contribution in [3.63, 3.8) is 0 Å². The van der Waals surface area contributed by atoms with Crippen LogP contribution < -0.4 is 4.31 Å². The van der Waals surface area contributed by atoms with E-state index in [9.17, 15) is 18.0 Å². The van der Waals surface area contributed by atoms with Crippen LogP contribution in [-0.4, -0.2) is 38.3 Å². The Bertz CT molecular complexity index is 1730. The Hall–Kier alpha value is -4.17. The fraction of sp³-hybridized carbons (Fsp3) is 0.273. The molecule has 4 aromatic rings. The van der Waals surface area contributed by atoms with Gasteiger partial charge < -0.3 is 9.72 Å². The highest BCUT2D eigenvalue weighted by molar-refractivity contribution is 7.92. The number of hydrogen-bond acceptors (Lipinski definition) is 5. The lowest BCUT2D eigenvalue weighted by Gasteiger charge is -2.26. The highest BCUT2D eigenvalue weighted by Crippen LogP contribution is 2.49. The number of ketones is 1. The van der Waals surface area contributed by atoms with Crippen molar-refractivity contribution < 1.29 is 22.7 Å². The number of aromatic amines is 1. The first-order chi connectivity index (χ1) is 19.8. The van der Waals surface area contributed by atoms with Crippen LogP contribution in [0.3, 0.4) is 0 Å². The molecule has 210 valence electrons. The highest BCUT2D eigenvalue weighted by atomic mass is 32.2. The number of esters is 1. The zero-order chi connectivity index (χ0) is 28.6. The summed E-state index contributed by atoms with van der Waals surface area (Å²) in [6.45, 7) is 1.48. The Kier molecular flexibility index (Phi) is 7.26. The fourth-order valence-corrected chi connectivity index (χ4v) is 7.57. The number of aromatic nitrogens is 1. The molecule has 1 aromatic heterocycles. The Morgan fingerprint density at radius 2 is 1.61 bits per heavy atom. The number of nitrogens with one attached hydrogen (secondary N) is 1. The van der Waals surface area contributed by atoms with Gasteiger partial charge in [0.1, 0.15) is 5.82 Å². The molecule has 0 radical (unpaired) electrons. The molecule has 0 saturated heterocycles. The van der Waals surface area contributed by atoms with Crippen LogP contribution in [0.25, 0.3) is 10.9 Å². The van der Waals surface area contributed by atoms with Crippen LogP contribution in [-0.2, 0) is 19.6 Å². The standard InChI is InChI=1S/C33H32N2O5S/c1-22-15-17-25(18-16-22)41(38,39)35-20-19-27(33(37)40-21-29(36)23-9-3-2-4-10-23)30(24-11-5-6-12-24)31-26-13-7-8-14-28(26)34-32(31)35/h2-4,7-10,13-19,24,30,34H,5-6,11-12,20-21H2,1H3. The average molecular weight is 569 g/mol. The smallest absolute Gasteiger partial charge is 0.334 e. The number of anilines is 1. The summed E-state index contributed by atoms with van der Waals surface area (Å²) in [6.07, 6.45) is 5.61. The molecule has 0 bridgehead atoms. The van der Waals surface area contributed by atoms with Gasteiger partial charge in [-0.15, -0.1) is 0 Å². The van der Waals surface area contributed by atoms with Crippen LogP contribution in [0.1, 0.15) is 53.1 Å². The first-order valence-corrected chi connectivity index (χ1v) is 15.4. The summed E-state index contributed by atoms with van der Waals surface area (Å²) in [5.41, 5.74) is 3.43. The monoisotopic (exact) mass is 568 g/mol. The highest BCUT2D eigenvalue weighted by Gasteiger charge is 2.41. The van der Waals surface area contributed by atoms with Crippen molar-refractivity contribution in [2.75, 3.05) is 17.5 Å². The number of ether oxygens (including phenoxy) is 1. The minimum Gasteiger partial charge on any atom is -0.454 e. The number of H-pyrrole nitrogens is 1. The van der Waals surface area contributed by atoms with E-state index in [2.05, 4.69) is 4.98 Å². The number of para-hydroxylation sites is 1. The predicted octanol–water partition coefficient (Wildman–Crippen LogP) is 6.31. The molecule has 1 fully saturated rings. The van der Waals surface area contributed by atoms with Crippen molar-refractivity contribution in [2.24, 2.45) is 5.92 Å². The molecular weight excluding hydrogens is 536 g/mol. The molecule has 3 aromatic carbocycles. The Morgan fingerprint density at radius 1 is 0.927 bits per heavy atom. The van der Waals surface area contributed by atoms with Crippen LogP contribution in [0, 0.1) is 12.8 Å². The number of nitrogens with zero attached hydrogens (tertiary/aromatic N) is 1. The van der Waals surface area contributed by atoms with E-state index < -0.39 is 16.0 Å². The molecule has 1 unspecified atom stereocenters. The molecule has 7 nitrogen and oxygen atoms in total. The van der Waals surface area contributed by atoms with Crippen molar-refractivity contribution in [2.45, 2.75) is 43.4 Å². The van der Waals surface area contributed by atoms with Gasteiger partial charge in [-0.1, -0.05) is 85.1 Å². The van der Waals surface area contributed by atoms with Crippen molar-refractivity contribution in [1.82, 2.24) is 4.98 Å². The van der Waals surface area contributed by atoms with E-state index in [1.807, 2.05) is 37.3 Å². The maximum Gasteiger partial charge on any atom is 0.334 e. The van der Waals surface area contributed by atoms with E-state index in [-0.39, 0.29) is 35.7 Å². The zero-order valence-electron chi connectivity index (χ0n) is 22.9. The van der Waals surface area contributed by atoms with E-state index in [0.29, 0.717) is 17.0 Å². The van der Waals surface area contributed by atoms with Gasteiger partial charge in [-0.3, -0.25) is 4.79 Å². The lowest BCUT2D eigenvalue weighted by atomic mass is 9.79. The Labute approximate surface area is 239 Å². The minimum absolute atomic E-state index is 0.0453. The first kappa shape index (κ1) is 27.0. The third kappa shape index (κ3) is 5.08. The largest absolute Gasteiger partial charge is 0.454 e. The molecule has 1 saturated carbocycles. The van der Waals surface area contributed by atoms with Gasteiger partial charge in [0.15, 0.2) is 12.4 Å². The van der Waals surface area contributed by atoms with Crippen molar-refractivity contribution in [1.29, 1.82) is 0 Å². The second kappa shape index (κ2) is 11.0. The minimum atomic E-state index is -3.97. The third-order valence-electron chi connectivity index (χ3n) is 8.24. The first-order valence-electron chi connectivity index (χ1n) is 14.0. The lowest BCUT2D eigenvalue weighted by Crippen LogP contribution is -2.31. The molecule has 2 heterocycles. The third-order valence-corrected chi connectivity index (χ3v) is 10.0. The number of fused-ring (bicyclic) bond motifs is 3. The number of benzene rings is 3. The number of sulfonamides is 1. The molecule has 1 aliphatic carbocycles. The van der Waals surface area contributed by atoms with Gasteiger partial charge >= 0.3 is 5.97 Å². The van der Waals surface area contributed by atoms with Gasteiger partial charge in [-0.2, -0.15) is 0 Å². The van der Waals surface area contributed by atoms with Gasteiger partial charge in [0.2, 0.25) is 0 Å². The van der Waals surface area contributed by atoms with Crippen LogP contribution in [0.2, 0.25) is 0 Å².